The molecule has 0 bridgehead atoms. The minimum absolute atomic E-state index is 0.00471. The van der Waals surface area contributed by atoms with Gasteiger partial charge in [0.25, 0.3) is 0 Å². The van der Waals surface area contributed by atoms with Crippen LogP contribution in [0.15, 0.2) is 36.5 Å². The van der Waals surface area contributed by atoms with Crippen LogP contribution in [-0.2, 0) is 0 Å². The van der Waals surface area contributed by atoms with E-state index in [0.29, 0.717) is 6.04 Å². The molecule has 6 nitrogen and oxygen atoms in total. The molecule has 27 heavy (non-hydrogen) atoms. The van der Waals surface area contributed by atoms with E-state index < -0.39 is 0 Å². The van der Waals surface area contributed by atoms with Crippen LogP contribution in [0.3, 0.4) is 0 Å². The zero-order valence-corrected chi connectivity index (χ0v) is 15.9. The number of carbonyl (C=O) groups excluding carboxylic acids is 1. The van der Waals surface area contributed by atoms with Crippen molar-refractivity contribution in [3.63, 3.8) is 0 Å². The molecule has 1 aromatic carbocycles. The molecule has 2 aromatic rings. The van der Waals surface area contributed by atoms with Crippen LogP contribution in [0.2, 0.25) is 0 Å². The van der Waals surface area contributed by atoms with E-state index in [1.54, 1.807) is 6.20 Å². The number of likely N-dealkylation sites (tertiary alicyclic amines) is 2. The third-order valence-corrected chi connectivity index (χ3v) is 5.53. The maximum atomic E-state index is 12.8. The van der Waals surface area contributed by atoms with Crippen LogP contribution in [0.4, 0.5) is 10.5 Å². The molecule has 0 radical (unpaired) electrons. The van der Waals surface area contributed by atoms with E-state index in [9.17, 15) is 4.79 Å². The molecule has 4 rings (SSSR count). The third kappa shape index (κ3) is 4.27. The Bertz CT molecular complexity index is 803. The molecule has 2 amide bonds. The van der Waals surface area contributed by atoms with Gasteiger partial charge in [-0.1, -0.05) is 12.1 Å². The van der Waals surface area contributed by atoms with Crippen LogP contribution < -0.4 is 5.32 Å². The number of nitrogens with one attached hydrogen (secondary N) is 1. The van der Waals surface area contributed by atoms with Gasteiger partial charge in [-0.15, -0.1) is 0 Å². The van der Waals surface area contributed by atoms with Crippen molar-refractivity contribution in [1.29, 1.82) is 0 Å². The van der Waals surface area contributed by atoms with Crippen LogP contribution in [0, 0.1) is 6.92 Å². The molecule has 3 heterocycles. The first-order valence-electron chi connectivity index (χ1n) is 9.89. The highest BCUT2D eigenvalue weighted by Gasteiger charge is 2.29. The lowest BCUT2D eigenvalue weighted by Crippen LogP contribution is -2.50. The number of hydrogen-bond acceptors (Lipinski definition) is 4. The molecule has 6 heteroatoms. The maximum absolute atomic E-state index is 12.8. The lowest BCUT2D eigenvalue weighted by molar-refractivity contribution is 0.132. The van der Waals surface area contributed by atoms with Gasteiger partial charge in [0.05, 0.1) is 5.69 Å². The van der Waals surface area contributed by atoms with Gasteiger partial charge in [-0.2, -0.15) is 0 Å². The predicted molar refractivity (Wildman–Crippen MR) is 107 cm³/mol. The fourth-order valence-electron chi connectivity index (χ4n) is 4.12. The van der Waals surface area contributed by atoms with Crippen LogP contribution in [0.1, 0.15) is 31.5 Å². The molecule has 1 aromatic heterocycles. The van der Waals surface area contributed by atoms with E-state index in [-0.39, 0.29) is 6.03 Å². The van der Waals surface area contributed by atoms with Crippen LogP contribution in [0.5, 0.6) is 0 Å². The van der Waals surface area contributed by atoms with E-state index in [2.05, 4.69) is 20.2 Å². The van der Waals surface area contributed by atoms with E-state index in [1.807, 2.05) is 42.2 Å². The summed E-state index contributed by atoms with van der Waals surface area (Å²) in [5.74, 6) is 0.739. The average Bonchev–Trinajstić information content (AvgIpc) is 3.23. The zero-order valence-electron chi connectivity index (χ0n) is 15.9. The highest BCUT2D eigenvalue weighted by molar-refractivity contribution is 5.90. The Kier molecular flexibility index (Phi) is 5.34. The minimum atomic E-state index is -0.00471. The van der Waals surface area contributed by atoms with Crippen LogP contribution >= 0.6 is 0 Å². The monoisotopic (exact) mass is 365 g/mol. The number of piperidine rings is 1. The summed E-state index contributed by atoms with van der Waals surface area (Å²) in [5, 5.41) is 3.07. The fourth-order valence-corrected chi connectivity index (χ4v) is 4.12. The molecule has 1 unspecified atom stereocenters. The smallest absolute Gasteiger partial charge is 0.321 e. The van der Waals surface area contributed by atoms with Gasteiger partial charge in [0.2, 0.25) is 0 Å². The number of aryl methyl sites for hydroxylation is 1. The molecule has 1 atom stereocenters. The molecular weight excluding hydrogens is 338 g/mol. The lowest BCUT2D eigenvalue weighted by Gasteiger charge is -2.37. The van der Waals surface area contributed by atoms with Crippen molar-refractivity contribution in [3.8, 4) is 11.3 Å². The summed E-state index contributed by atoms with van der Waals surface area (Å²) in [6.07, 6.45) is 6.62. The Hall–Kier alpha value is -2.47. The van der Waals surface area contributed by atoms with E-state index in [1.165, 1.54) is 32.4 Å². The van der Waals surface area contributed by atoms with Gasteiger partial charge in [-0.3, -0.25) is 4.90 Å². The second-order valence-corrected chi connectivity index (χ2v) is 7.49. The lowest BCUT2D eigenvalue weighted by atomic mass is 10.0. The summed E-state index contributed by atoms with van der Waals surface area (Å²) < 4.78 is 0. The number of amides is 2. The number of anilines is 1. The van der Waals surface area contributed by atoms with Crippen molar-refractivity contribution in [2.75, 3.05) is 31.5 Å². The van der Waals surface area contributed by atoms with Crippen LogP contribution in [0.25, 0.3) is 11.3 Å². The molecule has 1 N–H and O–H groups in total. The van der Waals surface area contributed by atoms with E-state index in [0.717, 1.165) is 42.3 Å². The molecule has 142 valence electrons. The number of urea groups is 1. The second kappa shape index (κ2) is 8.05. The molecule has 2 saturated heterocycles. The van der Waals surface area contributed by atoms with Crippen molar-refractivity contribution >= 4 is 11.7 Å². The number of rotatable bonds is 3. The SMILES string of the molecule is Cc1nccc(-c2cccc(NC(=O)N3CCCC(N4CCCC4)C3)c2)n1. The molecular formula is C21H27N5O. The van der Waals surface area contributed by atoms with Crippen molar-refractivity contribution < 1.29 is 4.79 Å². The summed E-state index contributed by atoms with van der Waals surface area (Å²) in [6.45, 7) is 5.90. The predicted octanol–water partition coefficient (Wildman–Crippen LogP) is 3.54. The first kappa shape index (κ1) is 17.9. The largest absolute Gasteiger partial charge is 0.323 e. The summed E-state index contributed by atoms with van der Waals surface area (Å²) in [5.41, 5.74) is 2.65. The molecule has 2 aliphatic heterocycles. The van der Waals surface area contributed by atoms with Gasteiger partial charge in [0, 0.05) is 36.6 Å². The Balaban J connectivity index is 1.42. The van der Waals surface area contributed by atoms with Crippen molar-refractivity contribution in [1.82, 2.24) is 19.8 Å². The van der Waals surface area contributed by atoms with E-state index >= 15 is 0 Å². The Morgan fingerprint density at radius 3 is 2.81 bits per heavy atom. The normalized spacial score (nSPS) is 20.6. The third-order valence-electron chi connectivity index (χ3n) is 5.53. The first-order valence-corrected chi connectivity index (χ1v) is 9.89. The number of aromatic nitrogens is 2. The summed E-state index contributed by atoms with van der Waals surface area (Å²) in [6, 6.07) is 10.3. The Labute approximate surface area is 160 Å². The topological polar surface area (TPSA) is 61.4 Å². The standard InChI is InChI=1S/C21H27N5O/c1-16-22-10-9-20(23-16)17-6-4-7-18(14-17)24-21(27)26-13-5-8-19(15-26)25-11-2-3-12-25/h4,6-7,9-10,14,19H,2-3,5,8,11-13,15H2,1H3,(H,24,27). The van der Waals surface area contributed by atoms with Gasteiger partial charge in [0.1, 0.15) is 5.82 Å². The fraction of sp³-hybridized carbons (Fsp3) is 0.476. The van der Waals surface area contributed by atoms with Crippen LogP contribution in [-0.4, -0.2) is 58.0 Å². The highest BCUT2D eigenvalue weighted by Crippen LogP contribution is 2.23. The molecule has 2 fully saturated rings. The second-order valence-electron chi connectivity index (χ2n) is 7.49. The molecule has 0 saturated carbocycles. The van der Waals surface area contributed by atoms with Gasteiger partial charge in [-0.25, -0.2) is 14.8 Å². The zero-order chi connectivity index (χ0) is 18.6. The van der Waals surface area contributed by atoms with Gasteiger partial charge >= 0.3 is 6.03 Å². The van der Waals surface area contributed by atoms with Crippen molar-refractivity contribution in [2.45, 2.75) is 38.6 Å². The summed E-state index contributed by atoms with van der Waals surface area (Å²) in [7, 11) is 0. The summed E-state index contributed by atoms with van der Waals surface area (Å²) >= 11 is 0. The summed E-state index contributed by atoms with van der Waals surface area (Å²) in [4.78, 5) is 25.9. The van der Waals surface area contributed by atoms with Gasteiger partial charge in [0.15, 0.2) is 0 Å². The van der Waals surface area contributed by atoms with E-state index in [4.69, 9.17) is 0 Å². The Morgan fingerprint density at radius 2 is 2.00 bits per heavy atom. The minimum Gasteiger partial charge on any atom is -0.323 e. The highest BCUT2D eigenvalue weighted by atomic mass is 16.2. The van der Waals surface area contributed by atoms with Gasteiger partial charge < -0.3 is 10.2 Å². The average molecular weight is 365 g/mol. The quantitative estimate of drug-likeness (QED) is 0.904. The first-order chi connectivity index (χ1) is 13.2. The Morgan fingerprint density at radius 1 is 1.15 bits per heavy atom. The number of benzene rings is 1. The number of carbonyl (C=O) groups is 1. The molecule has 2 aliphatic rings. The number of nitrogens with zero attached hydrogens (tertiary/aromatic N) is 4. The number of hydrogen-bond donors (Lipinski definition) is 1. The van der Waals surface area contributed by atoms with Crippen molar-refractivity contribution in [2.24, 2.45) is 0 Å². The molecule has 0 spiro atoms. The van der Waals surface area contributed by atoms with Gasteiger partial charge in [-0.05, 0) is 63.9 Å². The maximum Gasteiger partial charge on any atom is 0.321 e. The van der Waals surface area contributed by atoms with Crippen molar-refractivity contribution in [3.05, 3.63) is 42.4 Å². The molecule has 0 aliphatic carbocycles.